The lowest BCUT2D eigenvalue weighted by molar-refractivity contribution is 0.400. The fourth-order valence-corrected chi connectivity index (χ4v) is 2.82. The van der Waals surface area contributed by atoms with Crippen molar-refractivity contribution in [1.29, 1.82) is 5.26 Å². The highest BCUT2D eigenvalue weighted by atomic mass is 32.2. The Balaban J connectivity index is 2.42. The van der Waals surface area contributed by atoms with Crippen molar-refractivity contribution in [3.05, 3.63) is 41.2 Å². The monoisotopic (exact) mass is 277 g/mol. The van der Waals surface area contributed by atoms with Crippen LogP contribution in [0.2, 0.25) is 0 Å². The fraction of sp³-hybridized carbons (Fsp3) is 0.167. The van der Waals surface area contributed by atoms with Gasteiger partial charge < -0.3 is 4.52 Å². The molecular formula is C12H11N3O3S. The lowest BCUT2D eigenvalue weighted by Gasteiger charge is -2.08. The van der Waals surface area contributed by atoms with Gasteiger partial charge in [0, 0.05) is 6.07 Å². The molecule has 0 aliphatic carbocycles. The van der Waals surface area contributed by atoms with E-state index in [2.05, 4.69) is 9.88 Å². The molecule has 0 unspecified atom stereocenters. The van der Waals surface area contributed by atoms with Crippen LogP contribution in [0.15, 0.2) is 33.7 Å². The predicted octanol–water partition coefficient (Wildman–Crippen LogP) is 1.96. The summed E-state index contributed by atoms with van der Waals surface area (Å²) in [5.41, 5.74) is 0.828. The third-order valence-corrected chi connectivity index (χ3v) is 3.97. The van der Waals surface area contributed by atoms with Crippen molar-refractivity contribution < 1.29 is 12.9 Å². The number of hydrogen-bond acceptors (Lipinski definition) is 5. The predicted molar refractivity (Wildman–Crippen MR) is 67.9 cm³/mol. The molecule has 0 saturated carbocycles. The summed E-state index contributed by atoms with van der Waals surface area (Å²) >= 11 is 0. The molecule has 0 radical (unpaired) electrons. The molecule has 2 aromatic rings. The van der Waals surface area contributed by atoms with Crippen molar-refractivity contribution in [3.8, 4) is 6.07 Å². The van der Waals surface area contributed by atoms with Gasteiger partial charge >= 0.3 is 0 Å². The standard InChI is InChI=1S/C12H11N3O3S/c1-8-3-4-10(7-13)6-11(8)19(16,17)15-12-5-9(2)18-14-12/h3-6H,1-2H3,(H,14,15). The quantitative estimate of drug-likeness (QED) is 0.925. The SMILES string of the molecule is Cc1cc(NS(=O)(=O)c2cc(C#N)ccc2C)no1. The van der Waals surface area contributed by atoms with Crippen molar-refractivity contribution in [2.75, 3.05) is 4.72 Å². The van der Waals surface area contributed by atoms with Gasteiger partial charge in [-0.1, -0.05) is 11.2 Å². The molecule has 2 rings (SSSR count). The highest BCUT2D eigenvalue weighted by molar-refractivity contribution is 7.92. The van der Waals surface area contributed by atoms with Gasteiger partial charge in [0.25, 0.3) is 10.0 Å². The highest BCUT2D eigenvalue weighted by Gasteiger charge is 2.19. The molecule has 1 heterocycles. The zero-order valence-corrected chi connectivity index (χ0v) is 11.2. The molecule has 1 N–H and O–H groups in total. The number of rotatable bonds is 3. The minimum Gasteiger partial charge on any atom is -0.360 e. The Morgan fingerprint density at radius 1 is 1.32 bits per heavy atom. The smallest absolute Gasteiger partial charge is 0.263 e. The summed E-state index contributed by atoms with van der Waals surface area (Å²) in [4.78, 5) is 0.0483. The third kappa shape index (κ3) is 2.74. The van der Waals surface area contributed by atoms with E-state index in [0.717, 1.165) is 0 Å². The summed E-state index contributed by atoms with van der Waals surface area (Å²) < 4.78 is 31.5. The number of nitrogens with one attached hydrogen (secondary N) is 1. The Morgan fingerprint density at radius 3 is 2.63 bits per heavy atom. The number of anilines is 1. The van der Waals surface area contributed by atoms with Crippen LogP contribution in [0.5, 0.6) is 0 Å². The third-order valence-electron chi connectivity index (χ3n) is 2.47. The van der Waals surface area contributed by atoms with Gasteiger partial charge in [-0.25, -0.2) is 8.42 Å². The van der Waals surface area contributed by atoms with Crippen LogP contribution in [0.3, 0.4) is 0 Å². The molecule has 6 nitrogen and oxygen atoms in total. The Bertz CT molecular complexity index is 757. The van der Waals surface area contributed by atoms with E-state index in [1.807, 2.05) is 6.07 Å². The largest absolute Gasteiger partial charge is 0.360 e. The van der Waals surface area contributed by atoms with Gasteiger partial charge in [-0.05, 0) is 31.5 Å². The van der Waals surface area contributed by atoms with Crippen LogP contribution in [0.25, 0.3) is 0 Å². The van der Waals surface area contributed by atoms with Gasteiger partial charge in [0.05, 0.1) is 16.5 Å². The first-order valence-corrected chi connectivity index (χ1v) is 6.87. The second-order valence-corrected chi connectivity index (χ2v) is 5.67. The summed E-state index contributed by atoms with van der Waals surface area (Å²) in [5, 5.41) is 12.4. The van der Waals surface area contributed by atoms with Gasteiger partial charge in [0.15, 0.2) is 5.82 Å². The van der Waals surface area contributed by atoms with E-state index in [0.29, 0.717) is 11.3 Å². The molecule has 1 aromatic heterocycles. The van der Waals surface area contributed by atoms with Crippen LogP contribution < -0.4 is 4.72 Å². The Morgan fingerprint density at radius 2 is 2.05 bits per heavy atom. The van der Waals surface area contributed by atoms with E-state index >= 15 is 0 Å². The molecule has 0 saturated heterocycles. The van der Waals surface area contributed by atoms with Gasteiger partial charge in [-0.2, -0.15) is 5.26 Å². The van der Waals surface area contributed by atoms with Crippen LogP contribution in [-0.4, -0.2) is 13.6 Å². The normalized spacial score (nSPS) is 11.0. The molecule has 0 atom stereocenters. The number of nitrogens with zero attached hydrogens (tertiary/aromatic N) is 2. The van der Waals surface area contributed by atoms with Crippen molar-refractivity contribution in [3.63, 3.8) is 0 Å². The molecule has 0 amide bonds. The second-order valence-electron chi connectivity index (χ2n) is 4.02. The molecule has 98 valence electrons. The fourth-order valence-electron chi connectivity index (χ4n) is 1.57. The van der Waals surface area contributed by atoms with Crippen molar-refractivity contribution >= 4 is 15.8 Å². The first kappa shape index (κ1) is 13.1. The average Bonchev–Trinajstić information content (AvgIpc) is 2.74. The van der Waals surface area contributed by atoms with Gasteiger partial charge in [0.1, 0.15) is 5.76 Å². The Kier molecular flexibility index (Phi) is 3.27. The van der Waals surface area contributed by atoms with E-state index in [1.54, 1.807) is 26.0 Å². The number of aryl methyl sites for hydroxylation is 2. The molecule has 1 aromatic carbocycles. The summed E-state index contributed by atoms with van der Waals surface area (Å²) in [6.07, 6.45) is 0. The number of nitriles is 1. The van der Waals surface area contributed by atoms with Gasteiger partial charge in [-0.3, -0.25) is 4.72 Å². The summed E-state index contributed by atoms with van der Waals surface area (Å²) in [6, 6.07) is 7.85. The molecule has 0 bridgehead atoms. The molecule has 7 heteroatoms. The zero-order chi connectivity index (χ0) is 14.0. The van der Waals surface area contributed by atoms with Crippen molar-refractivity contribution in [1.82, 2.24) is 5.16 Å². The zero-order valence-electron chi connectivity index (χ0n) is 10.3. The number of benzene rings is 1. The minimum atomic E-state index is -3.79. The summed E-state index contributed by atoms with van der Waals surface area (Å²) in [7, 11) is -3.79. The van der Waals surface area contributed by atoms with Crippen molar-refractivity contribution in [2.24, 2.45) is 0 Å². The highest BCUT2D eigenvalue weighted by Crippen LogP contribution is 2.20. The van der Waals surface area contributed by atoms with Crippen molar-refractivity contribution in [2.45, 2.75) is 18.7 Å². The van der Waals surface area contributed by atoms with Crippen LogP contribution >= 0.6 is 0 Å². The molecule has 0 aliphatic rings. The van der Waals surface area contributed by atoms with Crippen LogP contribution in [0.4, 0.5) is 5.82 Å². The first-order valence-electron chi connectivity index (χ1n) is 5.39. The Hall–Kier alpha value is -2.33. The van der Waals surface area contributed by atoms with Crippen LogP contribution in [0, 0.1) is 25.2 Å². The van der Waals surface area contributed by atoms with E-state index in [-0.39, 0.29) is 16.3 Å². The van der Waals surface area contributed by atoms with Crippen LogP contribution in [-0.2, 0) is 10.0 Å². The topological polar surface area (TPSA) is 96.0 Å². The Labute approximate surface area is 110 Å². The van der Waals surface area contributed by atoms with Gasteiger partial charge in [0.2, 0.25) is 0 Å². The van der Waals surface area contributed by atoms with Crippen LogP contribution in [0.1, 0.15) is 16.9 Å². The lowest BCUT2D eigenvalue weighted by Crippen LogP contribution is -2.14. The molecule has 19 heavy (non-hydrogen) atoms. The van der Waals surface area contributed by atoms with E-state index in [1.165, 1.54) is 12.1 Å². The first-order chi connectivity index (χ1) is 8.92. The van der Waals surface area contributed by atoms with E-state index in [9.17, 15) is 8.42 Å². The molecule has 0 spiro atoms. The number of hydrogen-bond donors (Lipinski definition) is 1. The number of aromatic nitrogens is 1. The molecular weight excluding hydrogens is 266 g/mol. The molecule has 0 aliphatic heterocycles. The lowest BCUT2D eigenvalue weighted by atomic mass is 10.2. The van der Waals surface area contributed by atoms with Gasteiger partial charge in [-0.15, -0.1) is 0 Å². The van der Waals surface area contributed by atoms with E-state index in [4.69, 9.17) is 9.78 Å². The average molecular weight is 277 g/mol. The minimum absolute atomic E-state index is 0.0483. The summed E-state index contributed by atoms with van der Waals surface area (Å²) in [5.74, 6) is 0.611. The number of sulfonamides is 1. The van der Waals surface area contributed by atoms with E-state index < -0.39 is 10.0 Å². The maximum atomic E-state index is 12.2. The molecule has 0 fully saturated rings. The second kappa shape index (κ2) is 4.74. The summed E-state index contributed by atoms with van der Waals surface area (Å²) in [6.45, 7) is 3.32. The maximum Gasteiger partial charge on any atom is 0.263 e. The maximum absolute atomic E-state index is 12.2.